The molecule has 3 heteroatoms. The average Bonchev–Trinajstić information content (AvgIpc) is 2.61. The van der Waals surface area contributed by atoms with Crippen molar-refractivity contribution in [1.82, 2.24) is 4.98 Å². The van der Waals surface area contributed by atoms with E-state index in [2.05, 4.69) is 11.1 Å². The van der Waals surface area contributed by atoms with E-state index in [0.29, 0.717) is 12.8 Å². The van der Waals surface area contributed by atoms with Crippen LogP contribution in [-0.2, 0) is 6.42 Å². The fourth-order valence-electron chi connectivity index (χ4n) is 2.07. The van der Waals surface area contributed by atoms with Gasteiger partial charge >= 0.3 is 0 Å². The number of aromatic nitrogens is 1. The number of nitrogens with one attached hydrogen (secondary N) is 1. The second-order valence-electron chi connectivity index (χ2n) is 4.43. The Balaban J connectivity index is 2.15. The molecule has 2 atom stereocenters. The summed E-state index contributed by atoms with van der Waals surface area (Å²) in [4.78, 5) is 3.20. The Kier molecular flexibility index (Phi) is 3.27. The van der Waals surface area contributed by atoms with Crippen LogP contribution >= 0.6 is 0 Å². The number of benzene rings is 1. The van der Waals surface area contributed by atoms with Crippen LogP contribution in [0.3, 0.4) is 0 Å². The first-order valence-electron chi connectivity index (χ1n) is 5.65. The lowest BCUT2D eigenvalue weighted by Gasteiger charge is -2.12. The Morgan fingerprint density at radius 1 is 1.38 bits per heavy atom. The van der Waals surface area contributed by atoms with Crippen molar-refractivity contribution in [2.45, 2.75) is 31.9 Å². The summed E-state index contributed by atoms with van der Waals surface area (Å²) >= 11 is 0. The summed E-state index contributed by atoms with van der Waals surface area (Å²) < 4.78 is 0. The van der Waals surface area contributed by atoms with Gasteiger partial charge in [-0.05, 0) is 25.0 Å². The van der Waals surface area contributed by atoms with Gasteiger partial charge in [-0.2, -0.15) is 0 Å². The lowest BCUT2D eigenvalue weighted by Crippen LogP contribution is -2.24. The first-order valence-corrected chi connectivity index (χ1v) is 5.65. The Labute approximate surface area is 95.3 Å². The summed E-state index contributed by atoms with van der Waals surface area (Å²) in [5.41, 5.74) is 7.94. The molecule has 0 amide bonds. The zero-order valence-corrected chi connectivity index (χ0v) is 9.48. The fourth-order valence-corrected chi connectivity index (χ4v) is 2.07. The molecule has 0 spiro atoms. The zero-order chi connectivity index (χ0) is 11.5. The van der Waals surface area contributed by atoms with Crippen molar-refractivity contribution in [2.75, 3.05) is 0 Å². The molecule has 1 aromatic carbocycles. The Bertz CT molecular complexity index is 462. The van der Waals surface area contributed by atoms with Crippen molar-refractivity contribution in [3.8, 4) is 0 Å². The van der Waals surface area contributed by atoms with E-state index in [1.165, 1.54) is 5.39 Å². The molecule has 2 aromatic rings. The van der Waals surface area contributed by atoms with Crippen molar-refractivity contribution in [3.05, 3.63) is 36.0 Å². The van der Waals surface area contributed by atoms with Gasteiger partial charge in [-0.25, -0.2) is 0 Å². The number of nitrogens with two attached hydrogens (primary N) is 1. The monoisotopic (exact) mass is 218 g/mol. The van der Waals surface area contributed by atoms with E-state index < -0.39 is 0 Å². The first kappa shape index (κ1) is 11.2. The molecule has 0 aliphatic heterocycles. The summed E-state index contributed by atoms with van der Waals surface area (Å²) in [5, 5.41) is 11.0. The highest BCUT2D eigenvalue weighted by molar-refractivity contribution is 5.83. The molecule has 1 aromatic heterocycles. The third kappa shape index (κ3) is 2.43. The Morgan fingerprint density at radius 3 is 2.88 bits per heavy atom. The molecule has 16 heavy (non-hydrogen) atoms. The summed E-state index contributed by atoms with van der Waals surface area (Å²) in [6.45, 7) is 1.92. The Hall–Kier alpha value is -1.32. The maximum absolute atomic E-state index is 9.86. The van der Waals surface area contributed by atoms with Crippen LogP contribution in [0.15, 0.2) is 30.5 Å². The maximum atomic E-state index is 9.86. The maximum Gasteiger partial charge on any atom is 0.0596 e. The van der Waals surface area contributed by atoms with Gasteiger partial charge < -0.3 is 15.8 Å². The number of para-hydroxylation sites is 1. The molecule has 0 unspecified atom stereocenters. The molecule has 0 aliphatic carbocycles. The summed E-state index contributed by atoms with van der Waals surface area (Å²) in [6.07, 6.45) is 2.90. The molecular weight excluding hydrogens is 200 g/mol. The molecule has 0 radical (unpaired) electrons. The normalized spacial score (nSPS) is 15.2. The minimum atomic E-state index is -0.362. The van der Waals surface area contributed by atoms with E-state index in [0.717, 1.165) is 11.1 Å². The van der Waals surface area contributed by atoms with Crippen LogP contribution in [0.5, 0.6) is 0 Å². The predicted molar refractivity (Wildman–Crippen MR) is 66.3 cm³/mol. The molecule has 0 saturated heterocycles. The molecule has 3 nitrogen and oxygen atoms in total. The van der Waals surface area contributed by atoms with Gasteiger partial charge in [0.25, 0.3) is 0 Å². The second-order valence-corrected chi connectivity index (χ2v) is 4.43. The van der Waals surface area contributed by atoms with Crippen LogP contribution in [0.25, 0.3) is 10.9 Å². The van der Waals surface area contributed by atoms with Crippen LogP contribution < -0.4 is 5.73 Å². The quantitative estimate of drug-likeness (QED) is 0.733. The van der Waals surface area contributed by atoms with Crippen molar-refractivity contribution in [3.63, 3.8) is 0 Å². The first-order chi connectivity index (χ1) is 7.66. The highest BCUT2D eigenvalue weighted by atomic mass is 16.3. The van der Waals surface area contributed by atoms with Crippen LogP contribution in [-0.4, -0.2) is 22.2 Å². The molecule has 86 valence electrons. The zero-order valence-electron chi connectivity index (χ0n) is 9.48. The molecule has 2 rings (SSSR count). The van der Waals surface area contributed by atoms with E-state index in [4.69, 9.17) is 5.73 Å². The highest BCUT2D eigenvalue weighted by Gasteiger charge is 2.11. The van der Waals surface area contributed by atoms with E-state index in [9.17, 15) is 5.11 Å². The topological polar surface area (TPSA) is 62.0 Å². The largest absolute Gasteiger partial charge is 0.393 e. The molecular formula is C13H18N2O. The minimum Gasteiger partial charge on any atom is -0.393 e. The third-order valence-electron chi connectivity index (χ3n) is 2.77. The summed E-state index contributed by atoms with van der Waals surface area (Å²) in [6, 6.07) is 8.16. The van der Waals surface area contributed by atoms with Gasteiger partial charge in [0.2, 0.25) is 0 Å². The number of hydrogen-bond donors (Lipinski definition) is 3. The van der Waals surface area contributed by atoms with Crippen LogP contribution in [0.4, 0.5) is 0 Å². The Morgan fingerprint density at radius 2 is 2.12 bits per heavy atom. The second kappa shape index (κ2) is 4.68. The van der Waals surface area contributed by atoms with Gasteiger partial charge in [0.15, 0.2) is 0 Å². The van der Waals surface area contributed by atoms with Crippen molar-refractivity contribution in [2.24, 2.45) is 5.73 Å². The van der Waals surface area contributed by atoms with Gasteiger partial charge in [-0.3, -0.25) is 0 Å². The van der Waals surface area contributed by atoms with Crippen molar-refractivity contribution in [1.29, 1.82) is 0 Å². The number of aromatic amines is 1. The number of fused-ring (bicyclic) bond motifs is 1. The van der Waals surface area contributed by atoms with Crippen molar-refractivity contribution >= 4 is 10.9 Å². The smallest absolute Gasteiger partial charge is 0.0596 e. The predicted octanol–water partition coefficient (Wildman–Crippen LogP) is 1.81. The molecule has 0 saturated carbocycles. The minimum absolute atomic E-state index is 0.0419. The number of H-pyrrole nitrogens is 1. The number of aliphatic hydroxyl groups excluding tert-OH is 1. The lowest BCUT2D eigenvalue weighted by molar-refractivity contribution is 0.158. The van der Waals surface area contributed by atoms with Crippen LogP contribution in [0.1, 0.15) is 18.9 Å². The fraction of sp³-hybridized carbons (Fsp3) is 0.385. The number of hydrogen-bond acceptors (Lipinski definition) is 2. The van der Waals surface area contributed by atoms with Gasteiger partial charge in [-0.15, -0.1) is 0 Å². The highest BCUT2D eigenvalue weighted by Crippen LogP contribution is 2.19. The average molecular weight is 218 g/mol. The SMILES string of the molecule is C[C@H](N)C[C@H](O)Cc1c[nH]c2ccccc12. The van der Waals surface area contributed by atoms with E-state index >= 15 is 0 Å². The number of aliphatic hydroxyl groups is 1. The standard InChI is InChI=1S/C13H18N2O/c1-9(14)6-11(16)7-10-8-15-13-5-3-2-4-12(10)13/h2-5,8-9,11,15-16H,6-7,14H2,1H3/t9-,11-/m0/s1. The van der Waals surface area contributed by atoms with Gasteiger partial charge in [-0.1, -0.05) is 18.2 Å². The third-order valence-corrected chi connectivity index (χ3v) is 2.77. The van der Waals surface area contributed by atoms with Crippen LogP contribution in [0, 0.1) is 0 Å². The molecule has 0 fully saturated rings. The lowest BCUT2D eigenvalue weighted by atomic mass is 10.0. The molecule has 1 heterocycles. The van der Waals surface area contributed by atoms with E-state index in [-0.39, 0.29) is 12.1 Å². The molecule has 0 aliphatic rings. The number of rotatable bonds is 4. The van der Waals surface area contributed by atoms with E-state index in [1.54, 1.807) is 0 Å². The molecule has 4 N–H and O–H groups in total. The van der Waals surface area contributed by atoms with Crippen molar-refractivity contribution < 1.29 is 5.11 Å². The van der Waals surface area contributed by atoms with Crippen LogP contribution in [0.2, 0.25) is 0 Å². The van der Waals surface area contributed by atoms with Gasteiger partial charge in [0, 0.05) is 29.6 Å². The van der Waals surface area contributed by atoms with Gasteiger partial charge in [0.05, 0.1) is 6.10 Å². The summed E-state index contributed by atoms with van der Waals surface area (Å²) in [7, 11) is 0. The molecule has 0 bridgehead atoms. The van der Waals surface area contributed by atoms with E-state index in [1.807, 2.05) is 31.3 Å². The van der Waals surface area contributed by atoms with Gasteiger partial charge in [0.1, 0.15) is 0 Å². The summed E-state index contributed by atoms with van der Waals surface area (Å²) in [5.74, 6) is 0.